The molecule has 10 heteroatoms. The van der Waals surface area contributed by atoms with Crippen molar-refractivity contribution in [2.45, 2.75) is 78.2 Å². The van der Waals surface area contributed by atoms with Gasteiger partial charge >= 0.3 is 13.7 Å². The summed E-state index contributed by atoms with van der Waals surface area (Å²) in [5.74, 6) is -1.20. The molecule has 1 aromatic carbocycles. The van der Waals surface area contributed by atoms with Crippen molar-refractivity contribution >= 4 is 13.7 Å². The maximum atomic E-state index is 13.9. The monoisotopic (exact) mass is 472 g/mol. The van der Waals surface area contributed by atoms with Crippen LogP contribution in [-0.2, 0) is 29.6 Å². The highest BCUT2D eigenvalue weighted by molar-refractivity contribution is 7.54. The number of benzene rings is 1. The summed E-state index contributed by atoms with van der Waals surface area (Å²) in [6.07, 6.45) is -0.636. The number of nitrogens with zero attached hydrogens (tertiary/aromatic N) is 2. The van der Waals surface area contributed by atoms with Gasteiger partial charge in [-0.05, 0) is 54.0 Å². The minimum absolute atomic E-state index is 0.0207. The van der Waals surface area contributed by atoms with Crippen LogP contribution < -0.4 is 0 Å². The van der Waals surface area contributed by atoms with E-state index >= 15 is 0 Å². The van der Waals surface area contributed by atoms with E-state index in [2.05, 4.69) is 0 Å². The normalized spacial score (nSPS) is 19.9. The van der Waals surface area contributed by atoms with Crippen molar-refractivity contribution in [3.63, 3.8) is 0 Å². The molecule has 0 radical (unpaired) electrons. The molecule has 1 N–H and O–H groups in total. The van der Waals surface area contributed by atoms with Crippen molar-refractivity contribution in [1.82, 2.24) is 9.96 Å². The summed E-state index contributed by atoms with van der Waals surface area (Å²) < 4.78 is 36.6. The number of ether oxygens (including phenoxy) is 2. The Labute approximate surface area is 191 Å². The Morgan fingerprint density at radius 1 is 1.25 bits per heavy atom. The predicted molar refractivity (Wildman–Crippen MR) is 120 cm³/mol. The van der Waals surface area contributed by atoms with E-state index < -0.39 is 36.8 Å². The quantitative estimate of drug-likeness (QED) is 0.403. The van der Waals surface area contributed by atoms with Crippen LogP contribution in [0.2, 0.25) is 0 Å². The van der Waals surface area contributed by atoms with Gasteiger partial charge in [0, 0.05) is 6.54 Å². The third-order valence-electron chi connectivity index (χ3n) is 4.89. The van der Waals surface area contributed by atoms with Crippen molar-refractivity contribution in [3.05, 3.63) is 35.9 Å². The van der Waals surface area contributed by atoms with Crippen LogP contribution in [0, 0.1) is 0 Å². The number of carbonyl (C=O) groups excluding carboxylic acids is 1. The largest absolute Gasteiger partial charge is 0.444 e. The Morgan fingerprint density at radius 2 is 1.81 bits per heavy atom. The fourth-order valence-corrected chi connectivity index (χ4v) is 5.85. The molecule has 0 aliphatic carbocycles. The first-order valence-electron chi connectivity index (χ1n) is 10.9. The average molecular weight is 473 g/mol. The molecule has 1 fully saturated rings. The Bertz CT molecular complexity index is 787. The lowest BCUT2D eigenvalue weighted by molar-refractivity contribution is -0.135. The fraction of sp³-hybridized carbons (Fsp3) is 0.682. The van der Waals surface area contributed by atoms with Gasteiger partial charge in [0.25, 0.3) is 0 Å². The minimum Gasteiger partial charge on any atom is -0.444 e. The van der Waals surface area contributed by atoms with Gasteiger partial charge in [-0.25, -0.2) is 4.79 Å². The van der Waals surface area contributed by atoms with E-state index in [1.807, 2.05) is 30.3 Å². The Hall–Kier alpha value is -1.48. The van der Waals surface area contributed by atoms with Gasteiger partial charge in [0.1, 0.15) is 11.3 Å². The van der Waals surface area contributed by atoms with Gasteiger partial charge in [0.2, 0.25) is 0 Å². The zero-order chi connectivity index (χ0) is 24.2. The van der Waals surface area contributed by atoms with Crippen molar-refractivity contribution in [2.75, 3.05) is 19.8 Å². The molecule has 9 nitrogen and oxygen atoms in total. The van der Waals surface area contributed by atoms with Crippen LogP contribution in [0.15, 0.2) is 30.3 Å². The highest BCUT2D eigenvalue weighted by atomic mass is 31.2. The molecule has 0 aromatic heterocycles. The molecule has 1 amide bonds. The second-order valence-corrected chi connectivity index (χ2v) is 11.2. The molecule has 1 aromatic rings. The number of hydrogen-bond acceptors (Lipinski definition) is 8. The van der Waals surface area contributed by atoms with Gasteiger partial charge in [-0.15, -0.1) is 0 Å². The van der Waals surface area contributed by atoms with Crippen molar-refractivity contribution < 1.29 is 33.1 Å². The van der Waals surface area contributed by atoms with E-state index in [4.69, 9.17) is 18.5 Å². The maximum absolute atomic E-state index is 13.9. The summed E-state index contributed by atoms with van der Waals surface area (Å²) in [6.45, 7) is 12.4. The summed E-state index contributed by atoms with van der Waals surface area (Å²) >= 11 is 0. The molecule has 1 heterocycles. The predicted octanol–water partition coefficient (Wildman–Crippen LogP) is 4.84. The van der Waals surface area contributed by atoms with E-state index in [9.17, 15) is 14.6 Å². The van der Waals surface area contributed by atoms with Crippen molar-refractivity contribution in [3.8, 4) is 0 Å². The Morgan fingerprint density at radius 3 is 2.31 bits per heavy atom. The zero-order valence-electron chi connectivity index (χ0n) is 20.1. The second kappa shape index (κ2) is 10.6. The van der Waals surface area contributed by atoms with Gasteiger partial charge in [0.15, 0.2) is 5.78 Å². The first-order chi connectivity index (χ1) is 14.8. The minimum atomic E-state index is -3.91. The number of carbonyl (C=O) groups is 1. The first kappa shape index (κ1) is 26.8. The first-order valence-corrected chi connectivity index (χ1v) is 12.5. The van der Waals surface area contributed by atoms with Gasteiger partial charge in [-0.2, -0.15) is 5.06 Å². The van der Waals surface area contributed by atoms with Crippen LogP contribution >= 0.6 is 7.60 Å². The van der Waals surface area contributed by atoms with E-state index in [0.29, 0.717) is 0 Å². The van der Waals surface area contributed by atoms with Crippen LogP contribution in [0.1, 0.15) is 54.0 Å². The number of hydroxylamine groups is 2. The molecule has 2 atom stereocenters. The molecule has 1 aliphatic rings. The number of amides is 1. The Balaban J connectivity index is 2.50. The van der Waals surface area contributed by atoms with Crippen molar-refractivity contribution in [1.29, 1.82) is 0 Å². The van der Waals surface area contributed by atoms with E-state index in [-0.39, 0.29) is 26.4 Å². The van der Waals surface area contributed by atoms with Crippen LogP contribution in [-0.4, -0.2) is 64.2 Å². The molecule has 0 spiro atoms. The average Bonchev–Trinajstić information content (AvgIpc) is 2.96. The van der Waals surface area contributed by atoms with Gasteiger partial charge in [-0.1, -0.05) is 30.3 Å². The summed E-state index contributed by atoms with van der Waals surface area (Å²) in [5.41, 5.74) is -1.01. The van der Waals surface area contributed by atoms with Gasteiger partial charge < -0.3 is 23.7 Å². The third-order valence-corrected chi connectivity index (χ3v) is 7.38. The smallest absolute Gasteiger partial charge is 0.412 e. The molecule has 182 valence electrons. The number of hydrogen-bond donors (Lipinski definition) is 1. The second-order valence-electron chi connectivity index (χ2n) is 9.05. The summed E-state index contributed by atoms with van der Waals surface area (Å²) in [5, 5.41) is 12.1. The SMILES string of the molecule is CCOP(=O)(OCC)[C@@H]([C@@H]1COC(C)(C)N1C(=O)OC(C)(C)C)N(O)Cc1ccccc1. The number of rotatable bonds is 9. The summed E-state index contributed by atoms with van der Waals surface area (Å²) in [4.78, 5) is 14.5. The molecule has 0 bridgehead atoms. The standard InChI is InChI=1S/C22H37N2O7P/c1-8-29-32(27,30-9-2)19(23(26)15-17-13-11-10-12-14-17)18-16-28-22(6,7)24(18)20(25)31-21(3,4)5/h10-14,18-19,26H,8-9,15-16H2,1-7H3/t18-,19-/m0/s1. The lowest BCUT2D eigenvalue weighted by Crippen LogP contribution is -2.56. The lowest BCUT2D eigenvalue weighted by atomic mass is 10.2. The fourth-order valence-electron chi connectivity index (χ4n) is 3.70. The molecule has 2 rings (SSSR count). The molecule has 0 saturated carbocycles. The van der Waals surface area contributed by atoms with Crippen LogP contribution in [0.4, 0.5) is 4.79 Å². The van der Waals surface area contributed by atoms with Crippen LogP contribution in [0.5, 0.6) is 0 Å². The molecule has 1 saturated heterocycles. The van der Waals surface area contributed by atoms with Gasteiger partial charge in [-0.3, -0.25) is 9.46 Å². The molecular formula is C22H37N2O7P. The van der Waals surface area contributed by atoms with E-state index in [1.54, 1.807) is 48.5 Å². The maximum Gasteiger partial charge on any atom is 0.412 e. The zero-order valence-corrected chi connectivity index (χ0v) is 21.0. The molecule has 0 unspecified atom stereocenters. The molecule has 1 aliphatic heterocycles. The third kappa shape index (κ3) is 6.53. The van der Waals surface area contributed by atoms with Crippen LogP contribution in [0.25, 0.3) is 0 Å². The highest BCUT2D eigenvalue weighted by Gasteiger charge is 2.56. The van der Waals surface area contributed by atoms with E-state index in [0.717, 1.165) is 10.6 Å². The highest BCUT2D eigenvalue weighted by Crippen LogP contribution is 2.57. The summed E-state index contributed by atoms with van der Waals surface area (Å²) in [6, 6.07) is 8.39. The summed E-state index contributed by atoms with van der Waals surface area (Å²) in [7, 11) is -3.91. The lowest BCUT2D eigenvalue weighted by Gasteiger charge is -2.41. The van der Waals surface area contributed by atoms with Crippen molar-refractivity contribution in [2.24, 2.45) is 0 Å². The Kier molecular flexibility index (Phi) is 8.90. The van der Waals surface area contributed by atoms with E-state index in [1.165, 1.54) is 4.90 Å². The van der Waals surface area contributed by atoms with Gasteiger partial charge in [0.05, 0.1) is 25.9 Å². The molecular weight excluding hydrogens is 435 g/mol. The van der Waals surface area contributed by atoms with Crippen LogP contribution in [0.3, 0.4) is 0 Å². The topological polar surface area (TPSA) is 97.8 Å². The molecule has 32 heavy (non-hydrogen) atoms.